The molecule has 0 aliphatic rings. The van der Waals surface area contributed by atoms with Crippen molar-refractivity contribution in [3.8, 4) is 6.07 Å². The molecule has 0 aliphatic heterocycles. The van der Waals surface area contributed by atoms with Gasteiger partial charge in [0.2, 0.25) is 12.0 Å². The van der Waals surface area contributed by atoms with Crippen molar-refractivity contribution < 1.29 is 9.18 Å². The second kappa shape index (κ2) is 3.58. The molecule has 0 spiro atoms. The number of Topliss-reactive ketones (excluding diaryl/α,β-unsaturated/α-hetero) is 1. The summed E-state index contributed by atoms with van der Waals surface area (Å²) in [6.45, 7) is 0. The van der Waals surface area contributed by atoms with Gasteiger partial charge in [0.1, 0.15) is 6.07 Å². The summed E-state index contributed by atoms with van der Waals surface area (Å²) >= 11 is 0. The van der Waals surface area contributed by atoms with Crippen LogP contribution in [0.4, 0.5) is 4.39 Å². The quantitative estimate of drug-likeness (QED) is 0.615. The van der Waals surface area contributed by atoms with Gasteiger partial charge in [-0.1, -0.05) is 0 Å². The van der Waals surface area contributed by atoms with Crippen LogP contribution in [0, 0.1) is 11.3 Å². The number of carbonyl (C=O) groups is 1. The van der Waals surface area contributed by atoms with E-state index in [9.17, 15) is 9.18 Å². The monoisotopic (exact) mass is 164 g/mol. The van der Waals surface area contributed by atoms with Crippen LogP contribution in [0.15, 0.2) is 24.5 Å². The number of alkyl halides is 1. The van der Waals surface area contributed by atoms with Gasteiger partial charge in [-0.2, -0.15) is 5.26 Å². The molecule has 0 saturated carbocycles. The third kappa shape index (κ3) is 1.64. The van der Waals surface area contributed by atoms with E-state index < -0.39 is 12.0 Å². The van der Waals surface area contributed by atoms with Crippen LogP contribution in [0.25, 0.3) is 0 Å². The number of nitriles is 1. The third-order valence-electron chi connectivity index (χ3n) is 1.29. The minimum atomic E-state index is -2.09. The SMILES string of the molecule is N#CC(F)C(=O)c1cccnc1. The van der Waals surface area contributed by atoms with Gasteiger partial charge in [-0.3, -0.25) is 9.78 Å². The van der Waals surface area contributed by atoms with Crippen molar-refractivity contribution in [1.82, 2.24) is 4.98 Å². The molecule has 4 heteroatoms. The lowest BCUT2D eigenvalue weighted by molar-refractivity contribution is 0.0918. The van der Waals surface area contributed by atoms with Crippen molar-refractivity contribution in [1.29, 1.82) is 5.26 Å². The third-order valence-corrected chi connectivity index (χ3v) is 1.29. The molecule has 12 heavy (non-hydrogen) atoms. The maximum Gasteiger partial charge on any atom is 0.248 e. The van der Waals surface area contributed by atoms with E-state index in [0.29, 0.717) is 0 Å². The highest BCUT2D eigenvalue weighted by molar-refractivity contribution is 6.00. The lowest BCUT2D eigenvalue weighted by atomic mass is 10.1. The second-order valence-electron chi connectivity index (χ2n) is 2.10. The van der Waals surface area contributed by atoms with E-state index in [1.165, 1.54) is 30.6 Å². The Bertz CT molecular complexity index is 318. The molecule has 1 heterocycles. The molecular weight excluding hydrogens is 159 g/mol. The number of nitrogens with zero attached hydrogens (tertiary/aromatic N) is 2. The average molecular weight is 164 g/mol. The van der Waals surface area contributed by atoms with Gasteiger partial charge in [-0.25, -0.2) is 4.39 Å². The van der Waals surface area contributed by atoms with E-state index in [0.717, 1.165) is 0 Å². The van der Waals surface area contributed by atoms with Crippen LogP contribution in [-0.2, 0) is 0 Å². The molecule has 1 unspecified atom stereocenters. The lowest BCUT2D eigenvalue weighted by Crippen LogP contribution is -2.13. The first-order valence-electron chi connectivity index (χ1n) is 3.23. The van der Waals surface area contributed by atoms with Crippen LogP contribution in [0.2, 0.25) is 0 Å². The topological polar surface area (TPSA) is 53.8 Å². The summed E-state index contributed by atoms with van der Waals surface area (Å²) in [4.78, 5) is 14.6. The van der Waals surface area contributed by atoms with Gasteiger partial charge in [0.15, 0.2) is 0 Å². The molecule has 0 aromatic carbocycles. The molecule has 0 radical (unpaired) electrons. The Morgan fingerprint density at radius 1 is 1.75 bits per heavy atom. The van der Waals surface area contributed by atoms with Gasteiger partial charge < -0.3 is 0 Å². The van der Waals surface area contributed by atoms with Gasteiger partial charge in [-0.05, 0) is 12.1 Å². The van der Waals surface area contributed by atoms with E-state index in [1.807, 2.05) is 0 Å². The standard InChI is InChI=1S/C8H5FN2O/c9-7(4-10)8(12)6-2-1-3-11-5-6/h1-3,5,7H. The Kier molecular flexibility index (Phi) is 2.49. The molecule has 1 aromatic rings. The minimum Gasteiger partial charge on any atom is -0.290 e. The van der Waals surface area contributed by atoms with Gasteiger partial charge in [0.25, 0.3) is 0 Å². The highest BCUT2D eigenvalue weighted by Gasteiger charge is 2.17. The van der Waals surface area contributed by atoms with Crippen LogP contribution < -0.4 is 0 Å². The molecule has 1 rings (SSSR count). The van der Waals surface area contributed by atoms with E-state index in [4.69, 9.17) is 5.26 Å². The zero-order valence-corrected chi connectivity index (χ0v) is 6.07. The lowest BCUT2D eigenvalue weighted by Gasteiger charge is -1.96. The van der Waals surface area contributed by atoms with Gasteiger partial charge >= 0.3 is 0 Å². The Balaban J connectivity index is 2.88. The predicted octanol–water partition coefficient (Wildman–Crippen LogP) is 1.13. The summed E-state index contributed by atoms with van der Waals surface area (Å²) in [5, 5.41) is 8.10. The van der Waals surface area contributed by atoms with E-state index in [1.54, 1.807) is 0 Å². The molecule has 0 saturated heterocycles. The van der Waals surface area contributed by atoms with Crippen LogP contribution in [0.3, 0.4) is 0 Å². The molecule has 60 valence electrons. The van der Waals surface area contributed by atoms with Crippen molar-refractivity contribution >= 4 is 5.78 Å². The normalized spacial score (nSPS) is 11.7. The second-order valence-corrected chi connectivity index (χ2v) is 2.10. The fraction of sp³-hybridized carbons (Fsp3) is 0.125. The first kappa shape index (κ1) is 8.34. The largest absolute Gasteiger partial charge is 0.290 e. The van der Waals surface area contributed by atoms with Gasteiger partial charge in [0, 0.05) is 18.0 Å². The first-order chi connectivity index (χ1) is 5.75. The number of hydrogen-bond acceptors (Lipinski definition) is 3. The van der Waals surface area contributed by atoms with Crippen molar-refractivity contribution in [2.24, 2.45) is 0 Å². The zero-order chi connectivity index (χ0) is 8.97. The predicted molar refractivity (Wildman–Crippen MR) is 39.1 cm³/mol. The summed E-state index contributed by atoms with van der Waals surface area (Å²) in [5.74, 6) is -0.842. The van der Waals surface area contributed by atoms with Crippen molar-refractivity contribution in [2.75, 3.05) is 0 Å². The number of aromatic nitrogens is 1. The number of carbonyl (C=O) groups excluding carboxylic acids is 1. The fourth-order valence-corrected chi connectivity index (χ4v) is 0.713. The smallest absolute Gasteiger partial charge is 0.248 e. The molecule has 0 bridgehead atoms. The first-order valence-corrected chi connectivity index (χ1v) is 3.23. The molecule has 0 N–H and O–H groups in total. The van der Waals surface area contributed by atoms with Crippen molar-refractivity contribution in [2.45, 2.75) is 6.17 Å². The number of ketones is 1. The summed E-state index contributed by atoms with van der Waals surface area (Å²) < 4.78 is 12.5. The Morgan fingerprint density at radius 2 is 2.50 bits per heavy atom. The molecule has 0 amide bonds. The summed E-state index contributed by atoms with van der Waals surface area (Å²) in [6.07, 6.45) is 0.608. The van der Waals surface area contributed by atoms with Crippen LogP contribution in [-0.4, -0.2) is 16.9 Å². The number of hydrogen-bond donors (Lipinski definition) is 0. The molecule has 0 fully saturated rings. The molecular formula is C8H5FN2O. The average Bonchev–Trinajstić information content (AvgIpc) is 2.17. The van der Waals surface area contributed by atoms with Crippen molar-refractivity contribution in [3.05, 3.63) is 30.1 Å². The highest BCUT2D eigenvalue weighted by Crippen LogP contribution is 2.03. The maximum atomic E-state index is 12.5. The molecule has 1 atom stereocenters. The summed E-state index contributed by atoms with van der Waals surface area (Å²) in [5.41, 5.74) is 0.117. The fourth-order valence-electron chi connectivity index (χ4n) is 0.713. The number of halogens is 1. The van der Waals surface area contributed by atoms with E-state index >= 15 is 0 Å². The Morgan fingerprint density at radius 3 is 3.00 bits per heavy atom. The van der Waals surface area contributed by atoms with E-state index in [-0.39, 0.29) is 5.56 Å². The van der Waals surface area contributed by atoms with Gasteiger partial charge in [0.05, 0.1) is 0 Å². The zero-order valence-electron chi connectivity index (χ0n) is 6.07. The van der Waals surface area contributed by atoms with Crippen LogP contribution >= 0.6 is 0 Å². The Hall–Kier alpha value is -1.76. The van der Waals surface area contributed by atoms with Gasteiger partial charge in [-0.15, -0.1) is 0 Å². The Labute approximate surface area is 68.5 Å². The molecule has 0 aliphatic carbocycles. The number of rotatable bonds is 2. The minimum absolute atomic E-state index is 0.117. The number of pyridine rings is 1. The van der Waals surface area contributed by atoms with E-state index in [2.05, 4.69) is 4.98 Å². The van der Waals surface area contributed by atoms with Crippen LogP contribution in [0.1, 0.15) is 10.4 Å². The van der Waals surface area contributed by atoms with Crippen molar-refractivity contribution in [3.63, 3.8) is 0 Å². The van der Waals surface area contributed by atoms with Crippen LogP contribution in [0.5, 0.6) is 0 Å². The summed E-state index contributed by atoms with van der Waals surface area (Å²) in [7, 11) is 0. The molecule has 1 aromatic heterocycles. The molecule has 3 nitrogen and oxygen atoms in total. The maximum absolute atomic E-state index is 12.5. The summed E-state index contributed by atoms with van der Waals surface area (Å²) in [6, 6.07) is 4.15. The highest BCUT2D eigenvalue weighted by atomic mass is 19.1.